The number of hydrogen-bond donors (Lipinski definition) is 0. The van der Waals surface area contributed by atoms with Crippen LogP contribution in [0.15, 0.2) is 18.3 Å². The summed E-state index contributed by atoms with van der Waals surface area (Å²) in [5, 5.41) is 0.781. The fourth-order valence-corrected chi connectivity index (χ4v) is 1.44. The van der Waals surface area contributed by atoms with Crippen molar-refractivity contribution in [2.24, 2.45) is 0 Å². The molecule has 0 aliphatic heterocycles. The van der Waals surface area contributed by atoms with Crippen molar-refractivity contribution in [3.8, 4) is 0 Å². The monoisotopic (exact) mass is 183 g/mol. The number of hydrogen-bond acceptors (Lipinski definition) is 1. The van der Waals surface area contributed by atoms with Crippen molar-refractivity contribution in [3.05, 3.63) is 29.0 Å². The molecule has 0 spiro atoms. The summed E-state index contributed by atoms with van der Waals surface area (Å²) >= 11 is 5.85. The number of halogens is 1. The first-order chi connectivity index (χ1) is 5.74. The van der Waals surface area contributed by atoms with Crippen molar-refractivity contribution in [1.82, 2.24) is 4.98 Å². The fraction of sp³-hybridized carbons (Fsp3) is 0.500. The predicted molar refractivity (Wildman–Crippen MR) is 52.6 cm³/mol. The van der Waals surface area contributed by atoms with Crippen LogP contribution >= 0.6 is 11.6 Å². The molecule has 0 aliphatic rings. The molecule has 0 amide bonds. The van der Waals surface area contributed by atoms with Gasteiger partial charge in [0.2, 0.25) is 0 Å². The van der Waals surface area contributed by atoms with E-state index in [1.807, 2.05) is 12.1 Å². The molecule has 1 aromatic rings. The van der Waals surface area contributed by atoms with E-state index in [1.54, 1.807) is 6.20 Å². The maximum atomic E-state index is 5.85. The van der Waals surface area contributed by atoms with Crippen molar-refractivity contribution in [3.63, 3.8) is 0 Å². The Labute approximate surface area is 78.8 Å². The molecule has 12 heavy (non-hydrogen) atoms. The minimum absolute atomic E-state index is 0.522. The molecule has 1 aromatic heterocycles. The SMILES string of the molecule is CCCC(C)c1cc(Cl)ccn1. The summed E-state index contributed by atoms with van der Waals surface area (Å²) in [6.07, 6.45) is 4.13. The van der Waals surface area contributed by atoms with Crippen molar-refractivity contribution < 1.29 is 0 Å². The van der Waals surface area contributed by atoms with Gasteiger partial charge in [0.05, 0.1) is 0 Å². The lowest BCUT2D eigenvalue weighted by Gasteiger charge is -2.08. The Hall–Kier alpha value is -0.560. The summed E-state index contributed by atoms with van der Waals surface area (Å²) in [7, 11) is 0. The van der Waals surface area contributed by atoms with Gasteiger partial charge in [0.1, 0.15) is 0 Å². The highest BCUT2D eigenvalue weighted by molar-refractivity contribution is 6.30. The number of pyridine rings is 1. The van der Waals surface area contributed by atoms with Crippen molar-refractivity contribution in [2.45, 2.75) is 32.6 Å². The molecule has 0 fully saturated rings. The van der Waals surface area contributed by atoms with Crippen LogP contribution in [0, 0.1) is 0 Å². The van der Waals surface area contributed by atoms with E-state index in [-0.39, 0.29) is 0 Å². The number of rotatable bonds is 3. The topological polar surface area (TPSA) is 12.9 Å². The zero-order valence-electron chi connectivity index (χ0n) is 7.55. The summed E-state index contributed by atoms with van der Waals surface area (Å²) in [6.45, 7) is 4.36. The Morgan fingerprint density at radius 1 is 1.58 bits per heavy atom. The minimum atomic E-state index is 0.522. The van der Waals surface area contributed by atoms with E-state index >= 15 is 0 Å². The Balaban J connectivity index is 2.73. The molecule has 1 heterocycles. The molecule has 0 aliphatic carbocycles. The van der Waals surface area contributed by atoms with Crippen LogP contribution in [0.1, 0.15) is 38.3 Å². The summed E-state index contributed by atoms with van der Waals surface area (Å²) < 4.78 is 0. The Morgan fingerprint density at radius 2 is 2.33 bits per heavy atom. The van der Waals surface area contributed by atoms with E-state index in [0.717, 1.165) is 10.7 Å². The molecular weight excluding hydrogens is 170 g/mol. The first kappa shape index (κ1) is 9.53. The molecule has 0 N–H and O–H groups in total. The fourth-order valence-electron chi connectivity index (χ4n) is 1.27. The Morgan fingerprint density at radius 3 is 2.92 bits per heavy atom. The van der Waals surface area contributed by atoms with E-state index in [0.29, 0.717) is 5.92 Å². The average molecular weight is 184 g/mol. The molecule has 0 radical (unpaired) electrons. The van der Waals surface area contributed by atoms with Crippen LogP contribution in [0.4, 0.5) is 0 Å². The van der Waals surface area contributed by atoms with Gasteiger partial charge in [-0.05, 0) is 24.5 Å². The maximum Gasteiger partial charge on any atom is 0.0446 e. The molecule has 66 valence electrons. The van der Waals surface area contributed by atoms with Crippen LogP contribution in [0.5, 0.6) is 0 Å². The average Bonchev–Trinajstić information content (AvgIpc) is 2.05. The van der Waals surface area contributed by atoms with Gasteiger partial charge in [-0.3, -0.25) is 4.98 Å². The largest absolute Gasteiger partial charge is 0.261 e. The molecule has 0 saturated carbocycles. The van der Waals surface area contributed by atoms with Gasteiger partial charge in [0, 0.05) is 16.9 Å². The Kier molecular flexibility index (Phi) is 3.54. The van der Waals surface area contributed by atoms with Crippen LogP contribution in [0.25, 0.3) is 0 Å². The molecule has 0 aromatic carbocycles. The van der Waals surface area contributed by atoms with Crippen molar-refractivity contribution in [2.75, 3.05) is 0 Å². The highest BCUT2D eigenvalue weighted by Gasteiger charge is 2.05. The van der Waals surface area contributed by atoms with E-state index in [2.05, 4.69) is 18.8 Å². The molecule has 1 nitrogen and oxygen atoms in total. The highest BCUT2D eigenvalue weighted by atomic mass is 35.5. The van der Waals surface area contributed by atoms with Crippen molar-refractivity contribution in [1.29, 1.82) is 0 Å². The van der Waals surface area contributed by atoms with Crippen LogP contribution < -0.4 is 0 Å². The highest BCUT2D eigenvalue weighted by Crippen LogP contribution is 2.20. The zero-order chi connectivity index (χ0) is 8.97. The van der Waals surface area contributed by atoms with Gasteiger partial charge in [-0.1, -0.05) is 31.9 Å². The van der Waals surface area contributed by atoms with Gasteiger partial charge in [-0.2, -0.15) is 0 Å². The lowest BCUT2D eigenvalue weighted by molar-refractivity contribution is 0.647. The quantitative estimate of drug-likeness (QED) is 0.698. The standard InChI is InChI=1S/C10H14ClN/c1-3-4-8(2)10-7-9(11)5-6-12-10/h5-8H,3-4H2,1-2H3. The first-order valence-corrected chi connectivity index (χ1v) is 4.73. The van der Waals surface area contributed by atoms with Crippen LogP contribution in [-0.2, 0) is 0 Å². The summed E-state index contributed by atoms with van der Waals surface area (Å²) in [6, 6.07) is 3.76. The lowest BCUT2D eigenvalue weighted by atomic mass is 10.0. The van der Waals surface area contributed by atoms with E-state index in [1.165, 1.54) is 12.8 Å². The molecule has 1 atom stereocenters. The Bertz CT molecular complexity index is 247. The van der Waals surface area contributed by atoms with E-state index < -0.39 is 0 Å². The van der Waals surface area contributed by atoms with Gasteiger partial charge in [-0.15, -0.1) is 0 Å². The summed E-state index contributed by atoms with van der Waals surface area (Å²) in [5.41, 5.74) is 1.10. The van der Waals surface area contributed by atoms with Gasteiger partial charge < -0.3 is 0 Å². The second kappa shape index (κ2) is 4.46. The third-order valence-electron chi connectivity index (χ3n) is 1.97. The summed E-state index contributed by atoms with van der Waals surface area (Å²) in [4.78, 5) is 4.27. The second-order valence-corrected chi connectivity index (χ2v) is 3.53. The van der Waals surface area contributed by atoms with E-state index in [9.17, 15) is 0 Å². The van der Waals surface area contributed by atoms with Crippen LogP contribution in [0.2, 0.25) is 5.02 Å². The minimum Gasteiger partial charge on any atom is -0.261 e. The first-order valence-electron chi connectivity index (χ1n) is 4.35. The van der Waals surface area contributed by atoms with Crippen molar-refractivity contribution >= 4 is 11.6 Å². The van der Waals surface area contributed by atoms with Crippen LogP contribution in [0.3, 0.4) is 0 Å². The predicted octanol–water partition coefficient (Wildman–Crippen LogP) is 3.64. The molecule has 0 bridgehead atoms. The number of aromatic nitrogens is 1. The summed E-state index contributed by atoms with van der Waals surface area (Å²) in [5.74, 6) is 0.522. The van der Waals surface area contributed by atoms with Gasteiger partial charge in [0.25, 0.3) is 0 Å². The second-order valence-electron chi connectivity index (χ2n) is 3.09. The maximum absolute atomic E-state index is 5.85. The van der Waals surface area contributed by atoms with Gasteiger partial charge in [0.15, 0.2) is 0 Å². The molecule has 2 heteroatoms. The molecule has 1 unspecified atom stereocenters. The normalized spacial score (nSPS) is 12.9. The number of nitrogens with zero attached hydrogens (tertiary/aromatic N) is 1. The van der Waals surface area contributed by atoms with E-state index in [4.69, 9.17) is 11.6 Å². The smallest absolute Gasteiger partial charge is 0.0446 e. The van der Waals surface area contributed by atoms with Crippen LogP contribution in [-0.4, -0.2) is 4.98 Å². The lowest BCUT2D eigenvalue weighted by Crippen LogP contribution is -1.95. The van der Waals surface area contributed by atoms with Gasteiger partial charge >= 0.3 is 0 Å². The molecule has 1 rings (SSSR count). The zero-order valence-corrected chi connectivity index (χ0v) is 8.30. The third kappa shape index (κ3) is 2.49. The molecular formula is C10H14ClN. The van der Waals surface area contributed by atoms with Gasteiger partial charge in [-0.25, -0.2) is 0 Å². The third-order valence-corrected chi connectivity index (χ3v) is 2.20. The molecule has 0 saturated heterocycles.